The molecule has 0 aliphatic rings. The van der Waals surface area contributed by atoms with Crippen LogP contribution in [0.4, 0.5) is 28.9 Å². The van der Waals surface area contributed by atoms with E-state index in [1.807, 2.05) is 0 Å². The van der Waals surface area contributed by atoms with Crippen molar-refractivity contribution < 1.29 is 27.3 Å². The zero-order valence-corrected chi connectivity index (χ0v) is 13.8. The van der Waals surface area contributed by atoms with Gasteiger partial charge in [-0.1, -0.05) is 11.6 Å². The van der Waals surface area contributed by atoms with Gasteiger partial charge in [-0.2, -0.15) is 5.10 Å². The van der Waals surface area contributed by atoms with Crippen LogP contribution < -0.4 is 5.32 Å². The molecule has 0 saturated carbocycles. The Balaban J connectivity index is 2.23. The highest BCUT2D eigenvalue weighted by Gasteiger charge is 2.28. The van der Waals surface area contributed by atoms with Gasteiger partial charge in [-0.25, -0.2) is 17.6 Å². The van der Waals surface area contributed by atoms with Crippen LogP contribution in [-0.2, 0) is 11.3 Å². The second-order valence-corrected chi connectivity index (χ2v) is 5.53. The molecule has 7 nitrogen and oxygen atoms in total. The van der Waals surface area contributed by atoms with Gasteiger partial charge in [0.05, 0.1) is 9.95 Å². The number of carbonyl (C=O) groups excluding carboxylic acids is 1. The summed E-state index contributed by atoms with van der Waals surface area (Å²) < 4.78 is 52.0. The highest BCUT2D eigenvalue weighted by molar-refractivity contribution is 6.32. The number of alkyl halides is 4. The van der Waals surface area contributed by atoms with E-state index >= 15 is 0 Å². The fraction of sp³-hybridized carbons (Fsp3) is 0.286. The number of nitro benzene ring substituents is 1. The summed E-state index contributed by atoms with van der Waals surface area (Å²) in [7, 11) is 0. The predicted octanol–water partition coefficient (Wildman–Crippen LogP) is 4.27. The summed E-state index contributed by atoms with van der Waals surface area (Å²) in [5.74, 6) is -0.844. The van der Waals surface area contributed by atoms with Gasteiger partial charge in [-0.05, 0) is 18.6 Å². The zero-order valence-electron chi connectivity index (χ0n) is 13.1. The van der Waals surface area contributed by atoms with Crippen molar-refractivity contribution in [3.8, 4) is 0 Å². The highest BCUT2D eigenvalue weighted by atomic mass is 35.5. The number of benzene rings is 1. The van der Waals surface area contributed by atoms with Crippen LogP contribution in [0, 0.1) is 17.0 Å². The minimum absolute atomic E-state index is 0.194. The van der Waals surface area contributed by atoms with E-state index in [2.05, 4.69) is 10.4 Å². The van der Waals surface area contributed by atoms with Gasteiger partial charge in [0.15, 0.2) is 0 Å². The van der Waals surface area contributed by atoms with Crippen molar-refractivity contribution >= 4 is 28.9 Å². The van der Waals surface area contributed by atoms with Crippen molar-refractivity contribution in [3.63, 3.8) is 0 Å². The SMILES string of the molecule is Cc1cc([N+](=O)[O-])ccc1NC(=O)Cn1nc(C(F)F)c(Cl)c1C(F)F. The Hall–Kier alpha value is -2.69. The molecule has 1 aromatic carbocycles. The van der Waals surface area contributed by atoms with Gasteiger partial charge in [0.2, 0.25) is 5.91 Å². The van der Waals surface area contributed by atoms with E-state index in [9.17, 15) is 32.5 Å². The number of hydrogen-bond acceptors (Lipinski definition) is 4. The second kappa shape index (κ2) is 7.68. The van der Waals surface area contributed by atoms with E-state index in [4.69, 9.17) is 11.6 Å². The molecule has 0 spiro atoms. The molecule has 0 bridgehead atoms. The first-order chi connectivity index (χ1) is 12.1. The lowest BCUT2D eigenvalue weighted by atomic mass is 10.2. The van der Waals surface area contributed by atoms with E-state index < -0.39 is 46.6 Å². The monoisotopic (exact) mass is 394 g/mol. The molecule has 2 aromatic rings. The second-order valence-electron chi connectivity index (χ2n) is 5.15. The van der Waals surface area contributed by atoms with E-state index in [1.54, 1.807) is 0 Å². The molecule has 2 rings (SSSR count). The first kappa shape index (κ1) is 19.6. The molecule has 1 heterocycles. The predicted molar refractivity (Wildman–Crippen MR) is 83.6 cm³/mol. The summed E-state index contributed by atoms with van der Waals surface area (Å²) in [6, 6.07) is 3.62. The van der Waals surface area contributed by atoms with Crippen LogP contribution in [0.25, 0.3) is 0 Å². The number of carbonyl (C=O) groups is 1. The minimum atomic E-state index is -3.21. The molecular formula is C14H11ClF4N4O3. The molecule has 0 aliphatic heterocycles. The van der Waals surface area contributed by atoms with Crippen LogP contribution in [0.3, 0.4) is 0 Å². The van der Waals surface area contributed by atoms with E-state index in [1.165, 1.54) is 19.1 Å². The summed E-state index contributed by atoms with van der Waals surface area (Å²) in [6.45, 7) is 0.704. The van der Waals surface area contributed by atoms with Crippen molar-refractivity contribution in [2.45, 2.75) is 26.3 Å². The van der Waals surface area contributed by atoms with Crippen molar-refractivity contribution in [1.29, 1.82) is 0 Å². The van der Waals surface area contributed by atoms with Crippen LogP contribution in [0.15, 0.2) is 18.2 Å². The van der Waals surface area contributed by atoms with Gasteiger partial charge < -0.3 is 5.32 Å². The van der Waals surface area contributed by atoms with E-state index in [-0.39, 0.29) is 11.4 Å². The lowest BCUT2D eigenvalue weighted by molar-refractivity contribution is -0.384. The number of hydrogen-bond donors (Lipinski definition) is 1. The summed E-state index contributed by atoms with van der Waals surface area (Å²) in [6.07, 6.45) is -6.39. The van der Waals surface area contributed by atoms with E-state index in [0.29, 0.717) is 10.2 Å². The number of halogens is 5. The third-order valence-corrected chi connectivity index (χ3v) is 3.75. The van der Waals surface area contributed by atoms with Crippen LogP contribution in [0.1, 0.15) is 29.8 Å². The Kier molecular flexibility index (Phi) is 5.80. The summed E-state index contributed by atoms with van der Waals surface area (Å²) in [5.41, 5.74) is -1.67. The topological polar surface area (TPSA) is 90.1 Å². The molecule has 1 N–H and O–H groups in total. The average Bonchev–Trinajstić information content (AvgIpc) is 2.85. The lowest BCUT2D eigenvalue weighted by Crippen LogP contribution is -2.21. The quantitative estimate of drug-likeness (QED) is 0.450. The Morgan fingerprint density at radius 3 is 2.50 bits per heavy atom. The molecular weight excluding hydrogens is 384 g/mol. The van der Waals surface area contributed by atoms with Crippen LogP contribution >= 0.6 is 11.6 Å². The molecule has 0 aliphatic carbocycles. The molecule has 1 aromatic heterocycles. The standard InChI is InChI=1S/C14H11ClF4N4O3/c1-6-4-7(23(25)26)2-3-8(6)20-9(24)5-22-12(14(18)19)10(15)11(21-22)13(16)17/h2-4,13-14H,5H2,1H3,(H,20,24). The van der Waals surface area contributed by atoms with Crippen molar-refractivity contribution in [3.05, 3.63) is 50.3 Å². The number of nitrogens with one attached hydrogen (secondary N) is 1. The maximum Gasteiger partial charge on any atom is 0.283 e. The minimum Gasteiger partial charge on any atom is -0.324 e. The number of aryl methyl sites for hydroxylation is 1. The van der Waals surface area contributed by atoms with Gasteiger partial charge in [0.1, 0.15) is 17.9 Å². The molecule has 0 fully saturated rings. The number of nitro groups is 1. The number of non-ortho nitro benzene ring substituents is 1. The molecule has 12 heteroatoms. The maximum atomic E-state index is 13.0. The Morgan fingerprint density at radius 1 is 1.35 bits per heavy atom. The first-order valence-electron chi connectivity index (χ1n) is 6.99. The number of nitrogens with zero attached hydrogens (tertiary/aromatic N) is 3. The van der Waals surface area contributed by atoms with Crippen molar-refractivity contribution in [1.82, 2.24) is 9.78 Å². The first-order valence-corrected chi connectivity index (χ1v) is 7.37. The number of rotatable bonds is 6. The van der Waals surface area contributed by atoms with Crippen LogP contribution in [0.5, 0.6) is 0 Å². The molecule has 26 heavy (non-hydrogen) atoms. The Bertz CT molecular complexity index is 857. The number of amides is 1. The molecule has 0 unspecified atom stereocenters. The van der Waals surface area contributed by atoms with Gasteiger partial charge >= 0.3 is 0 Å². The van der Waals surface area contributed by atoms with Gasteiger partial charge in [0, 0.05) is 17.8 Å². The van der Waals surface area contributed by atoms with Crippen LogP contribution in [-0.4, -0.2) is 20.6 Å². The Labute approximate surface area is 148 Å². The highest BCUT2D eigenvalue weighted by Crippen LogP contribution is 2.34. The number of anilines is 1. The Morgan fingerprint density at radius 2 is 2.00 bits per heavy atom. The lowest BCUT2D eigenvalue weighted by Gasteiger charge is -2.10. The fourth-order valence-electron chi connectivity index (χ4n) is 2.17. The summed E-state index contributed by atoms with van der Waals surface area (Å²) in [4.78, 5) is 22.1. The molecule has 0 saturated heterocycles. The van der Waals surface area contributed by atoms with Gasteiger partial charge in [-0.15, -0.1) is 0 Å². The van der Waals surface area contributed by atoms with E-state index in [0.717, 1.165) is 6.07 Å². The third-order valence-electron chi connectivity index (χ3n) is 3.36. The van der Waals surface area contributed by atoms with Crippen molar-refractivity contribution in [2.75, 3.05) is 5.32 Å². The van der Waals surface area contributed by atoms with Gasteiger partial charge in [0.25, 0.3) is 18.5 Å². The van der Waals surface area contributed by atoms with Crippen LogP contribution in [0.2, 0.25) is 5.02 Å². The summed E-state index contributed by atoms with van der Waals surface area (Å²) >= 11 is 5.50. The number of aromatic nitrogens is 2. The molecule has 140 valence electrons. The molecule has 0 atom stereocenters. The largest absolute Gasteiger partial charge is 0.324 e. The summed E-state index contributed by atoms with van der Waals surface area (Å²) in [5, 5.41) is 15.4. The zero-order chi connectivity index (χ0) is 19.6. The van der Waals surface area contributed by atoms with Gasteiger partial charge in [-0.3, -0.25) is 19.6 Å². The maximum absolute atomic E-state index is 13.0. The molecule has 1 amide bonds. The fourth-order valence-corrected chi connectivity index (χ4v) is 2.47. The normalized spacial score (nSPS) is 11.2. The smallest absolute Gasteiger partial charge is 0.283 e. The molecule has 0 radical (unpaired) electrons. The average molecular weight is 395 g/mol. The van der Waals surface area contributed by atoms with Crippen molar-refractivity contribution in [2.24, 2.45) is 0 Å². The third kappa shape index (κ3) is 4.10.